The van der Waals surface area contributed by atoms with Crippen molar-refractivity contribution in [3.63, 3.8) is 0 Å². The summed E-state index contributed by atoms with van der Waals surface area (Å²) < 4.78 is 0. The van der Waals surface area contributed by atoms with E-state index in [0.717, 1.165) is 17.9 Å². The molecule has 0 fully saturated rings. The van der Waals surface area contributed by atoms with Crippen molar-refractivity contribution in [2.24, 2.45) is 0 Å². The van der Waals surface area contributed by atoms with E-state index in [-0.39, 0.29) is 0 Å². The highest BCUT2D eigenvalue weighted by atomic mass is 35.5. The molecule has 0 aliphatic carbocycles. The SMILES string of the molecule is N=CCCc1ccc(Cl)cc1. The van der Waals surface area contributed by atoms with Gasteiger partial charge in [-0.15, -0.1) is 0 Å². The van der Waals surface area contributed by atoms with E-state index in [4.69, 9.17) is 17.0 Å². The lowest BCUT2D eigenvalue weighted by Crippen LogP contribution is -1.83. The molecule has 11 heavy (non-hydrogen) atoms. The molecule has 0 bridgehead atoms. The lowest BCUT2D eigenvalue weighted by atomic mass is 10.1. The summed E-state index contributed by atoms with van der Waals surface area (Å²) in [6, 6.07) is 7.74. The summed E-state index contributed by atoms with van der Waals surface area (Å²) >= 11 is 5.70. The van der Waals surface area contributed by atoms with Gasteiger partial charge in [-0.05, 0) is 36.8 Å². The normalized spacial score (nSPS) is 9.55. The standard InChI is InChI=1S/C9H10ClN/c10-9-5-3-8(4-6-9)2-1-7-11/h3-7,11H,1-2H2. The van der Waals surface area contributed by atoms with Crippen molar-refractivity contribution < 1.29 is 0 Å². The van der Waals surface area contributed by atoms with Crippen LogP contribution >= 0.6 is 11.6 Å². The molecule has 0 aromatic heterocycles. The average Bonchev–Trinajstić information content (AvgIpc) is 2.04. The van der Waals surface area contributed by atoms with Gasteiger partial charge >= 0.3 is 0 Å². The molecule has 0 spiro atoms. The molecule has 0 saturated carbocycles. The van der Waals surface area contributed by atoms with E-state index >= 15 is 0 Å². The third-order valence-electron chi connectivity index (χ3n) is 1.49. The summed E-state index contributed by atoms with van der Waals surface area (Å²) in [4.78, 5) is 0. The summed E-state index contributed by atoms with van der Waals surface area (Å²) in [6.07, 6.45) is 3.16. The number of nitrogens with one attached hydrogen (secondary N) is 1. The predicted octanol–water partition coefficient (Wildman–Crippen LogP) is 2.92. The van der Waals surface area contributed by atoms with Gasteiger partial charge in [0.25, 0.3) is 0 Å². The Labute approximate surface area is 71.5 Å². The van der Waals surface area contributed by atoms with Crippen LogP contribution in [0, 0.1) is 5.41 Å². The van der Waals surface area contributed by atoms with Crippen molar-refractivity contribution in [2.75, 3.05) is 0 Å². The molecule has 1 rings (SSSR count). The zero-order valence-electron chi connectivity index (χ0n) is 6.18. The second kappa shape index (κ2) is 4.14. The third kappa shape index (κ3) is 2.72. The van der Waals surface area contributed by atoms with Gasteiger partial charge in [0.05, 0.1) is 0 Å². The fraction of sp³-hybridized carbons (Fsp3) is 0.222. The van der Waals surface area contributed by atoms with Gasteiger partial charge in [0.15, 0.2) is 0 Å². The minimum Gasteiger partial charge on any atom is -0.313 e. The summed E-state index contributed by atoms with van der Waals surface area (Å²) in [7, 11) is 0. The first-order valence-electron chi connectivity index (χ1n) is 3.56. The second-order valence-corrected chi connectivity index (χ2v) is 2.81. The molecule has 0 unspecified atom stereocenters. The highest BCUT2D eigenvalue weighted by Gasteiger charge is 1.90. The van der Waals surface area contributed by atoms with Gasteiger partial charge < -0.3 is 5.41 Å². The van der Waals surface area contributed by atoms with Crippen LogP contribution in [0.3, 0.4) is 0 Å². The molecule has 0 aliphatic heterocycles. The number of hydrogen-bond acceptors (Lipinski definition) is 1. The van der Waals surface area contributed by atoms with Gasteiger partial charge in [0.2, 0.25) is 0 Å². The molecule has 58 valence electrons. The Morgan fingerprint density at radius 1 is 1.27 bits per heavy atom. The molecular formula is C9H10ClN. The second-order valence-electron chi connectivity index (χ2n) is 2.37. The molecule has 1 N–H and O–H groups in total. The zero-order chi connectivity index (χ0) is 8.10. The van der Waals surface area contributed by atoms with Crippen LogP contribution in [0.1, 0.15) is 12.0 Å². The van der Waals surface area contributed by atoms with E-state index in [2.05, 4.69) is 0 Å². The van der Waals surface area contributed by atoms with Crippen LogP contribution in [0.15, 0.2) is 24.3 Å². The molecule has 0 saturated heterocycles. The van der Waals surface area contributed by atoms with E-state index in [1.54, 1.807) is 0 Å². The number of halogens is 1. The van der Waals surface area contributed by atoms with E-state index in [1.165, 1.54) is 11.8 Å². The molecule has 1 nitrogen and oxygen atoms in total. The van der Waals surface area contributed by atoms with Crippen molar-refractivity contribution in [1.82, 2.24) is 0 Å². The first kappa shape index (κ1) is 8.28. The van der Waals surface area contributed by atoms with Crippen LogP contribution in [0.25, 0.3) is 0 Å². The van der Waals surface area contributed by atoms with Crippen molar-refractivity contribution in [2.45, 2.75) is 12.8 Å². The molecule has 0 heterocycles. The van der Waals surface area contributed by atoms with E-state index in [0.29, 0.717) is 0 Å². The third-order valence-corrected chi connectivity index (χ3v) is 1.74. The lowest BCUT2D eigenvalue weighted by molar-refractivity contribution is 1.05. The average molecular weight is 168 g/mol. The number of aryl methyl sites for hydroxylation is 1. The monoisotopic (exact) mass is 167 g/mol. The molecule has 1 aromatic rings. The quantitative estimate of drug-likeness (QED) is 0.670. The van der Waals surface area contributed by atoms with E-state index in [9.17, 15) is 0 Å². The van der Waals surface area contributed by atoms with Gasteiger partial charge in [-0.3, -0.25) is 0 Å². The van der Waals surface area contributed by atoms with Crippen molar-refractivity contribution >= 4 is 17.8 Å². The Hall–Kier alpha value is -0.820. The minimum absolute atomic E-state index is 0.767. The van der Waals surface area contributed by atoms with Crippen LogP contribution in [0.5, 0.6) is 0 Å². The van der Waals surface area contributed by atoms with Gasteiger partial charge in [-0.25, -0.2) is 0 Å². The molecule has 0 radical (unpaired) electrons. The highest BCUT2D eigenvalue weighted by molar-refractivity contribution is 6.30. The Morgan fingerprint density at radius 2 is 1.91 bits per heavy atom. The van der Waals surface area contributed by atoms with Crippen LogP contribution < -0.4 is 0 Å². The molecule has 1 aromatic carbocycles. The molecule has 0 aliphatic rings. The fourth-order valence-electron chi connectivity index (χ4n) is 0.890. The Morgan fingerprint density at radius 3 is 2.45 bits per heavy atom. The largest absolute Gasteiger partial charge is 0.313 e. The van der Waals surface area contributed by atoms with Crippen molar-refractivity contribution in [3.05, 3.63) is 34.9 Å². The zero-order valence-corrected chi connectivity index (χ0v) is 6.93. The van der Waals surface area contributed by atoms with E-state index < -0.39 is 0 Å². The van der Waals surface area contributed by atoms with Crippen molar-refractivity contribution in [1.29, 1.82) is 5.41 Å². The number of rotatable bonds is 3. The van der Waals surface area contributed by atoms with Crippen LogP contribution in [-0.4, -0.2) is 6.21 Å². The molecular weight excluding hydrogens is 158 g/mol. The fourth-order valence-corrected chi connectivity index (χ4v) is 1.02. The summed E-state index contributed by atoms with van der Waals surface area (Å²) in [5.74, 6) is 0. The molecule has 0 atom stereocenters. The van der Waals surface area contributed by atoms with Gasteiger partial charge in [-0.1, -0.05) is 23.7 Å². The maximum atomic E-state index is 6.84. The Bertz CT molecular complexity index is 228. The molecule has 0 amide bonds. The summed E-state index contributed by atoms with van der Waals surface area (Å²) in [6.45, 7) is 0. The van der Waals surface area contributed by atoms with Crippen LogP contribution in [0.2, 0.25) is 5.02 Å². The first-order valence-corrected chi connectivity index (χ1v) is 3.94. The smallest absolute Gasteiger partial charge is 0.0406 e. The minimum atomic E-state index is 0.767. The van der Waals surface area contributed by atoms with Gasteiger partial charge in [-0.2, -0.15) is 0 Å². The van der Waals surface area contributed by atoms with Gasteiger partial charge in [0.1, 0.15) is 0 Å². The Kier molecular flexibility index (Phi) is 3.12. The van der Waals surface area contributed by atoms with Crippen LogP contribution in [-0.2, 0) is 6.42 Å². The molecule has 2 heteroatoms. The van der Waals surface area contributed by atoms with Crippen molar-refractivity contribution in [3.8, 4) is 0 Å². The number of benzene rings is 1. The maximum Gasteiger partial charge on any atom is 0.0406 e. The Balaban J connectivity index is 2.58. The van der Waals surface area contributed by atoms with Gasteiger partial charge in [0, 0.05) is 5.02 Å². The number of hydrogen-bond donors (Lipinski definition) is 1. The maximum absolute atomic E-state index is 6.84. The predicted molar refractivity (Wildman–Crippen MR) is 48.6 cm³/mol. The summed E-state index contributed by atoms with van der Waals surface area (Å²) in [5, 5.41) is 7.61. The summed E-state index contributed by atoms with van der Waals surface area (Å²) in [5.41, 5.74) is 1.23. The highest BCUT2D eigenvalue weighted by Crippen LogP contribution is 2.10. The van der Waals surface area contributed by atoms with Crippen LogP contribution in [0.4, 0.5) is 0 Å². The lowest BCUT2D eigenvalue weighted by Gasteiger charge is -1.96. The first-order chi connectivity index (χ1) is 5.33. The topological polar surface area (TPSA) is 23.9 Å². The van der Waals surface area contributed by atoms with E-state index in [1.807, 2.05) is 24.3 Å².